The molecule has 0 saturated heterocycles. The van der Waals surface area contributed by atoms with Gasteiger partial charge in [0, 0.05) is 52.2 Å². The first kappa shape index (κ1) is 20.5. The second-order valence-electron chi connectivity index (χ2n) is 7.37. The molecule has 9 heteroatoms. The predicted molar refractivity (Wildman–Crippen MR) is 118 cm³/mol. The zero-order chi connectivity index (χ0) is 22.3. The second kappa shape index (κ2) is 7.82. The summed E-state index contributed by atoms with van der Waals surface area (Å²) >= 11 is 0. The maximum absolute atomic E-state index is 15.0. The molecule has 31 heavy (non-hydrogen) atoms. The smallest absolute Gasteiger partial charge is 0.225 e. The standard InChI is InChI=1S/C22H22F2N6O/c1-25-15-9-14(23)19(24)17-18-21(30(3)4)13(10-28-22(18)29-20(15)17)11-5-6-27-12(7-11)8-16(31)26-2/h5-7,9-10,25H,8H2,1-4H3,(H,26,31)(H,28,29). The van der Waals surface area contributed by atoms with Gasteiger partial charge in [0.15, 0.2) is 11.6 Å². The Kier molecular flexibility index (Phi) is 5.18. The molecular weight excluding hydrogens is 402 g/mol. The molecule has 0 radical (unpaired) electrons. The number of H-pyrrole nitrogens is 1. The molecule has 0 saturated carbocycles. The van der Waals surface area contributed by atoms with Crippen molar-refractivity contribution in [1.29, 1.82) is 0 Å². The van der Waals surface area contributed by atoms with Crippen molar-refractivity contribution in [1.82, 2.24) is 20.3 Å². The van der Waals surface area contributed by atoms with Crippen molar-refractivity contribution in [2.24, 2.45) is 0 Å². The fourth-order valence-corrected chi connectivity index (χ4v) is 3.81. The second-order valence-corrected chi connectivity index (χ2v) is 7.37. The molecule has 0 fully saturated rings. The van der Waals surface area contributed by atoms with Gasteiger partial charge in [0.1, 0.15) is 5.65 Å². The summed E-state index contributed by atoms with van der Waals surface area (Å²) in [6, 6.07) is 4.72. The van der Waals surface area contributed by atoms with Crippen molar-refractivity contribution in [3.8, 4) is 11.1 Å². The summed E-state index contributed by atoms with van der Waals surface area (Å²) in [7, 11) is 6.88. The third-order valence-electron chi connectivity index (χ3n) is 5.23. The first-order chi connectivity index (χ1) is 14.8. The van der Waals surface area contributed by atoms with Crippen LogP contribution in [-0.2, 0) is 11.2 Å². The predicted octanol–water partition coefficient (Wildman–Crippen LogP) is 3.45. The van der Waals surface area contributed by atoms with Gasteiger partial charge in [0.05, 0.1) is 39.8 Å². The van der Waals surface area contributed by atoms with Gasteiger partial charge in [-0.15, -0.1) is 0 Å². The van der Waals surface area contributed by atoms with Crippen LogP contribution in [0.15, 0.2) is 30.6 Å². The molecule has 4 rings (SSSR count). The Bertz CT molecular complexity index is 1310. The van der Waals surface area contributed by atoms with Crippen LogP contribution < -0.4 is 15.5 Å². The van der Waals surface area contributed by atoms with Gasteiger partial charge in [-0.05, 0) is 17.7 Å². The van der Waals surface area contributed by atoms with Crippen LogP contribution in [0.3, 0.4) is 0 Å². The van der Waals surface area contributed by atoms with E-state index in [9.17, 15) is 13.6 Å². The molecule has 0 aliphatic rings. The summed E-state index contributed by atoms with van der Waals surface area (Å²) in [5, 5.41) is 6.10. The maximum Gasteiger partial charge on any atom is 0.225 e. The molecule has 1 aromatic carbocycles. The molecule has 7 nitrogen and oxygen atoms in total. The highest BCUT2D eigenvalue weighted by atomic mass is 19.2. The van der Waals surface area contributed by atoms with Gasteiger partial charge in [-0.1, -0.05) is 0 Å². The van der Waals surface area contributed by atoms with Crippen molar-refractivity contribution in [3.63, 3.8) is 0 Å². The van der Waals surface area contributed by atoms with Crippen LogP contribution in [0, 0.1) is 11.6 Å². The number of halogens is 2. The average molecular weight is 424 g/mol. The summed E-state index contributed by atoms with van der Waals surface area (Å²) in [5.74, 6) is -2.03. The maximum atomic E-state index is 15.0. The van der Waals surface area contributed by atoms with Gasteiger partial charge in [0.2, 0.25) is 5.91 Å². The first-order valence-electron chi connectivity index (χ1n) is 9.69. The summed E-state index contributed by atoms with van der Waals surface area (Å²) in [6.45, 7) is 0. The number of likely N-dealkylation sites (N-methyl/N-ethyl adjacent to an activating group) is 1. The normalized spacial score (nSPS) is 11.2. The number of aromatic amines is 1. The Morgan fingerprint density at radius 1 is 1.16 bits per heavy atom. The third kappa shape index (κ3) is 3.41. The molecule has 0 unspecified atom stereocenters. The lowest BCUT2D eigenvalue weighted by atomic mass is 10.0. The SMILES string of the molecule is CNC(=O)Cc1cc(-c2cnc3[nH]c4c(NC)cc(F)c(F)c4c3c2N(C)C)ccn1. The molecule has 0 bridgehead atoms. The third-order valence-corrected chi connectivity index (χ3v) is 5.23. The zero-order valence-corrected chi connectivity index (χ0v) is 17.6. The fourth-order valence-electron chi connectivity index (χ4n) is 3.81. The monoisotopic (exact) mass is 424 g/mol. The van der Waals surface area contributed by atoms with Crippen LogP contribution in [0.1, 0.15) is 5.69 Å². The molecule has 4 aromatic rings. The number of nitrogens with one attached hydrogen (secondary N) is 3. The molecule has 0 atom stereocenters. The Labute approximate surface area is 177 Å². The molecule has 3 aromatic heterocycles. The van der Waals surface area contributed by atoms with Gasteiger partial charge in [-0.2, -0.15) is 0 Å². The van der Waals surface area contributed by atoms with Crippen LogP contribution in [-0.4, -0.2) is 49.0 Å². The van der Waals surface area contributed by atoms with E-state index < -0.39 is 11.6 Å². The number of amides is 1. The van der Waals surface area contributed by atoms with E-state index in [4.69, 9.17) is 0 Å². The van der Waals surface area contributed by atoms with E-state index in [0.29, 0.717) is 39.2 Å². The number of carbonyl (C=O) groups is 1. The van der Waals surface area contributed by atoms with Crippen molar-refractivity contribution >= 4 is 39.2 Å². The van der Waals surface area contributed by atoms with E-state index in [1.807, 2.05) is 19.0 Å². The zero-order valence-electron chi connectivity index (χ0n) is 17.6. The number of nitrogens with zero attached hydrogens (tertiary/aromatic N) is 3. The van der Waals surface area contributed by atoms with Gasteiger partial charge in [0.25, 0.3) is 0 Å². The number of pyridine rings is 2. The van der Waals surface area contributed by atoms with E-state index in [1.165, 1.54) is 0 Å². The number of hydrogen-bond acceptors (Lipinski definition) is 5. The minimum atomic E-state index is -0.940. The van der Waals surface area contributed by atoms with E-state index in [0.717, 1.165) is 11.6 Å². The lowest BCUT2D eigenvalue weighted by Gasteiger charge is -2.19. The fraction of sp³-hybridized carbons (Fsp3) is 0.227. The highest BCUT2D eigenvalue weighted by Gasteiger charge is 2.23. The minimum Gasteiger partial charge on any atom is -0.386 e. The summed E-state index contributed by atoms with van der Waals surface area (Å²) < 4.78 is 29.3. The Balaban J connectivity index is 2.03. The Hall–Kier alpha value is -3.75. The largest absolute Gasteiger partial charge is 0.386 e. The summed E-state index contributed by atoms with van der Waals surface area (Å²) in [6.07, 6.45) is 3.43. The van der Waals surface area contributed by atoms with Crippen molar-refractivity contribution in [2.45, 2.75) is 6.42 Å². The molecular formula is C22H22F2N6O. The van der Waals surface area contributed by atoms with Crippen LogP contribution in [0.5, 0.6) is 0 Å². The summed E-state index contributed by atoms with van der Waals surface area (Å²) in [5.41, 5.74) is 4.09. The number of hydrogen-bond donors (Lipinski definition) is 3. The van der Waals surface area contributed by atoms with Gasteiger partial charge in [-0.3, -0.25) is 9.78 Å². The Morgan fingerprint density at radius 2 is 1.94 bits per heavy atom. The average Bonchev–Trinajstić information content (AvgIpc) is 3.15. The van der Waals surface area contributed by atoms with Gasteiger partial charge < -0.3 is 20.5 Å². The lowest BCUT2D eigenvalue weighted by Crippen LogP contribution is -2.20. The number of carbonyl (C=O) groups excluding carboxylic acids is 1. The van der Waals surface area contributed by atoms with Gasteiger partial charge in [-0.25, -0.2) is 13.8 Å². The van der Waals surface area contributed by atoms with Crippen molar-refractivity contribution < 1.29 is 13.6 Å². The number of rotatable bonds is 5. The molecule has 160 valence electrons. The van der Waals surface area contributed by atoms with E-state index in [2.05, 4.69) is 25.6 Å². The summed E-state index contributed by atoms with van der Waals surface area (Å²) in [4.78, 5) is 25.5. The van der Waals surface area contributed by atoms with Crippen molar-refractivity contribution in [2.75, 3.05) is 38.4 Å². The minimum absolute atomic E-state index is 0.135. The topological polar surface area (TPSA) is 85.9 Å². The number of aromatic nitrogens is 3. The highest BCUT2D eigenvalue weighted by molar-refractivity contribution is 6.17. The number of benzene rings is 1. The number of fused-ring (bicyclic) bond motifs is 3. The molecule has 0 aliphatic carbocycles. The Morgan fingerprint density at radius 3 is 2.61 bits per heavy atom. The molecule has 0 aliphatic heterocycles. The van der Waals surface area contributed by atoms with Crippen LogP contribution in [0.4, 0.5) is 20.2 Å². The highest BCUT2D eigenvalue weighted by Crippen LogP contribution is 2.42. The number of anilines is 2. The molecule has 0 spiro atoms. The van der Waals surface area contributed by atoms with E-state index in [-0.39, 0.29) is 17.7 Å². The van der Waals surface area contributed by atoms with Crippen LogP contribution in [0.25, 0.3) is 33.1 Å². The van der Waals surface area contributed by atoms with Crippen molar-refractivity contribution in [3.05, 3.63) is 47.9 Å². The molecule has 1 amide bonds. The van der Waals surface area contributed by atoms with Gasteiger partial charge >= 0.3 is 0 Å². The molecule has 3 N–H and O–H groups in total. The van der Waals surface area contributed by atoms with Crippen LogP contribution in [0.2, 0.25) is 0 Å². The quantitative estimate of drug-likeness (QED) is 0.457. The molecule has 3 heterocycles. The van der Waals surface area contributed by atoms with Crippen LogP contribution >= 0.6 is 0 Å². The lowest BCUT2D eigenvalue weighted by molar-refractivity contribution is -0.120. The van der Waals surface area contributed by atoms with E-state index in [1.54, 1.807) is 38.6 Å². The van der Waals surface area contributed by atoms with E-state index >= 15 is 0 Å². The first-order valence-corrected chi connectivity index (χ1v) is 9.69.